The maximum absolute atomic E-state index is 12.8. The van der Waals surface area contributed by atoms with Gasteiger partial charge in [-0.2, -0.15) is 5.10 Å². The minimum atomic E-state index is -2.70. The molecule has 0 bridgehead atoms. The van der Waals surface area contributed by atoms with Crippen LogP contribution in [0.3, 0.4) is 0 Å². The van der Waals surface area contributed by atoms with Crippen molar-refractivity contribution >= 4 is 11.6 Å². The lowest BCUT2D eigenvalue weighted by Crippen LogP contribution is -2.34. The highest BCUT2D eigenvalue weighted by Crippen LogP contribution is 2.21. The van der Waals surface area contributed by atoms with Crippen molar-refractivity contribution in [2.24, 2.45) is 0 Å². The topological polar surface area (TPSA) is 97.1 Å². The van der Waals surface area contributed by atoms with Crippen LogP contribution in [0.4, 0.5) is 8.78 Å². The molecule has 27 heavy (non-hydrogen) atoms. The van der Waals surface area contributed by atoms with Crippen molar-refractivity contribution in [1.82, 2.24) is 29.7 Å². The maximum atomic E-state index is 12.8. The minimum Gasteiger partial charge on any atom is -0.346 e. The van der Waals surface area contributed by atoms with Crippen molar-refractivity contribution in [2.45, 2.75) is 46.2 Å². The largest absolute Gasteiger partial charge is 0.346 e. The quantitative estimate of drug-likeness (QED) is 0.711. The fourth-order valence-electron chi connectivity index (χ4n) is 2.88. The third kappa shape index (κ3) is 3.60. The van der Waals surface area contributed by atoms with Crippen molar-refractivity contribution < 1.29 is 13.6 Å². The number of aryl methyl sites for hydroxylation is 2. The van der Waals surface area contributed by atoms with Crippen LogP contribution in [-0.2, 0) is 4.79 Å². The van der Waals surface area contributed by atoms with Crippen molar-refractivity contribution in [1.29, 1.82) is 0 Å². The Bertz CT molecular complexity index is 1050. The smallest absolute Gasteiger partial charge is 0.282 e. The Morgan fingerprint density at radius 2 is 1.89 bits per heavy atom. The van der Waals surface area contributed by atoms with E-state index in [9.17, 15) is 18.4 Å². The van der Waals surface area contributed by atoms with Crippen LogP contribution in [0, 0.1) is 13.8 Å². The van der Waals surface area contributed by atoms with Crippen LogP contribution in [0.2, 0.25) is 0 Å². The number of aromatic amines is 1. The maximum Gasteiger partial charge on any atom is 0.282 e. The summed E-state index contributed by atoms with van der Waals surface area (Å²) in [6, 6.07) is 2.98. The molecule has 0 aliphatic rings. The second-order valence-electron chi connectivity index (χ2n) is 6.51. The number of aromatic nitrogens is 5. The van der Waals surface area contributed by atoms with Gasteiger partial charge in [-0.05, 0) is 33.8 Å². The van der Waals surface area contributed by atoms with E-state index in [0.717, 1.165) is 5.69 Å². The molecule has 2 N–H and O–H groups in total. The van der Waals surface area contributed by atoms with Gasteiger partial charge < -0.3 is 5.32 Å². The molecule has 0 aromatic carbocycles. The number of fused-ring (bicyclic) bond motifs is 1. The van der Waals surface area contributed by atoms with Crippen molar-refractivity contribution in [3.63, 3.8) is 0 Å². The Balaban J connectivity index is 1.80. The van der Waals surface area contributed by atoms with Crippen LogP contribution < -0.4 is 10.9 Å². The highest BCUT2D eigenvalue weighted by molar-refractivity contribution is 5.80. The number of carbonyl (C=O) groups is 1. The average Bonchev–Trinajstić information content (AvgIpc) is 3.16. The zero-order chi connectivity index (χ0) is 19.9. The molecule has 3 aromatic rings. The second-order valence-corrected chi connectivity index (χ2v) is 6.51. The van der Waals surface area contributed by atoms with Gasteiger partial charge in [-0.1, -0.05) is 0 Å². The molecule has 8 nitrogen and oxygen atoms in total. The van der Waals surface area contributed by atoms with E-state index in [0.29, 0.717) is 17.0 Å². The van der Waals surface area contributed by atoms with Crippen molar-refractivity contribution in [3.8, 4) is 0 Å². The lowest BCUT2D eigenvalue weighted by Gasteiger charge is -2.18. The summed E-state index contributed by atoms with van der Waals surface area (Å²) in [7, 11) is 0. The monoisotopic (exact) mass is 378 g/mol. The van der Waals surface area contributed by atoms with Gasteiger partial charge in [-0.15, -0.1) is 0 Å². The predicted octanol–water partition coefficient (Wildman–Crippen LogP) is 2.21. The van der Waals surface area contributed by atoms with E-state index in [1.807, 2.05) is 0 Å². The van der Waals surface area contributed by atoms with Crippen molar-refractivity contribution in [3.05, 3.63) is 51.3 Å². The SMILES string of the molecule is Cc1cc2nc(C(C)NC(=O)C(C)n3nc(C(F)F)cc3C)cc(=O)n2[nH]1. The molecule has 0 saturated carbocycles. The molecule has 10 heteroatoms. The van der Waals surface area contributed by atoms with E-state index in [2.05, 4.69) is 20.5 Å². The Kier molecular flexibility index (Phi) is 4.81. The highest BCUT2D eigenvalue weighted by Gasteiger charge is 2.23. The molecule has 144 valence electrons. The number of hydrogen-bond acceptors (Lipinski definition) is 4. The molecule has 0 aliphatic heterocycles. The van der Waals surface area contributed by atoms with Crippen molar-refractivity contribution in [2.75, 3.05) is 0 Å². The first kappa shape index (κ1) is 18.7. The number of H-pyrrole nitrogens is 1. The first-order valence-electron chi connectivity index (χ1n) is 8.41. The van der Waals surface area contributed by atoms with Crippen LogP contribution in [0.15, 0.2) is 23.0 Å². The lowest BCUT2D eigenvalue weighted by atomic mass is 10.2. The molecule has 3 heterocycles. The normalized spacial score (nSPS) is 13.9. The van der Waals surface area contributed by atoms with Crippen LogP contribution in [0.5, 0.6) is 0 Å². The fourth-order valence-corrected chi connectivity index (χ4v) is 2.88. The van der Waals surface area contributed by atoms with Gasteiger partial charge in [0.1, 0.15) is 11.7 Å². The highest BCUT2D eigenvalue weighted by atomic mass is 19.3. The van der Waals surface area contributed by atoms with E-state index in [4.69, 9.17) is 0 Å². The summed E-state index contributed by atoms with van der Waals surface area (Å²) < 4.78 is 28.2. The molecule has 0 fully saturated rings. The van der Waals surface area contributed by atoms with Crippen LogP contribution in [0.25, 0.3) is 5.65 Å². The molecule has 0 radical (unpaired) electrons. The summed E-state index contributed by atoms with van der Waals surface area (Å²) in [5.74, 6) is -0.415. The third-order valence-corrected chi connectivity index (χ3v) is 4.31. The lowest BCUT2D eigenvalue weighted by molar-refractivity contribution is -0.124. The van der Waals surface area contributed by atoms with E-state index in [-0.39, 0.29) is 11.3 Å². The average molecular weight is 378 g/mol. The minimum absolute atomic E-state index is 0.290. The summed E-state index contributed by atoms with van der Waals surface area (Å²) >= 11 is 0. The zero-order valence-electron chi connectivity index (χ0n) is 15.3. The fraction of sp³-hybridized carbons (Fsp3) is 0.412. The van der Waals surface area contributed by atoms with Crippen LogP contribution in [0.1, 0.15) is 55.1 Å². The Hall–Kier alpha value is -3.04. The first-order valence-corrected chi connectivity index (χ1v) is 8.41. The number of hydrogen-bond donors (Lipinski definition) is 2. The van der Waals surface area contributed by atoms with E-state index >= 15 is 0 Å². The first-order chi connectivity index (χ1) is 12.7. The third-order valence-electron chi connectivity index (χ3n) is 4.31. The number of amides is 1. The number of alkyl halides is 2. The van der Waals surface area contributed by atoms with Gasteiger partial charge in [0.15, 0.2) is 5.65 Å². The molecule has 3 rings (SSSR count). The standard InChI is InChI=1S/C17H20F2N6O2/c1-8-5-14-21-12(7-15(26)25(14)22-8)10(3)20-17(27)11(4)24-9(2)6-13(23-24)16(18)19/h5-7,10-11,16,22H,1-4H3,(H,20,27). The molecule has 2 atom stereocenters. The summed E-state index contributed by atoms with van der Waals surface area (Å²) in [5, 5.41) is 9.42. The number of nitrogens with one attached hydrogen (secondary N) is 2. The molecule has 0 saturated heterocycles. The van der Waals surface area contributed by atoms with E-state index in [1.165, 1.54) is 21.3 Å². The molecule has 2 unspecified atom stereocenters. The second kappa shape index (κ2) is 6.93. The van der Waals surface area contributed by atoms with Gasteiger partial charge in [0, 0.05) is 23.5 Å². The Labute approximate surface area is 153 Å². The van der Waals surface area contributed by atoms with Crippen LogP contribution >= 0.6 is 0 Å². The van der Waals surface area contributed by atoms with E-state index < -0.39 is 24.4 Å². The van der Waals surface area contributed by atoms with Crippen LogP contribution in [-0.4, -0.2) is 30.3 Å². The molecule has 1 amide bonds. The van der Waals surface area contributed by atoms with Gasteiger partial charge in [0.2, 0.25) is 5.91 Å². The zero-order valence-corrected chi connectivity index (χ0v) is 15.3. The summed E-state index contributed by atoms with van der Waals surface area (Å²) in [4.78, 5) is 29.1. The number of rotatable bonds is 5. The van der Waals surface area contributed by atoms with Gasteiger partial charge >= 0.3 is 0 Å². The van der Waals surface area contributed by atoms with Gasteiger partial charge in [-0.25, -0.2) is 18.3 Å². The summed E-state index contributed by atoms with van der Waals surface area (Å²) in [6.45, 7) is 6.68. The van der Waals surface area contributed by atoms with Gasteiger partial charge in [-0.3, -0.25) is 19.4 Å². The Morgan fingerprint density at radius 1 is 1.19 bits per heavy atom. The molecule has 3 aromatic heterocycles. The predicted molar refractivity (Wildman–Crippen MR) is 93.7 cm³/mol. The Morgan fingerprint density at radius 3 is 2.52 bits per heavy atom. The molecular weight excluding hydrogens is 358 g/mol. The number of nitrogens with zero attached hydrogens (tertiary/aromatic N) is 4. The molecule has 0 spiro atoms. The van der Waals surface area contributed by atoms with Gasteiger partial charge in [0.05, 0.1) is 11.7 Å². The summed E-state index contributed by atoms with van der Waals surface area (Å²) in [6.07, 6.45) is -2.70. The van der Waals surface area contributed by atoms with Gasteiger partial charge in [0.25, 0.3) is 12.0 Å². The van der Waals surface area contributed by atoms with E-state index in [1.54, 1.807) is 33.8 Å². The summed E-state index contributed by atoms with van der Waals surface area (Å²) in [5.41, 5.74) is 1.44. The number of halogens is 2. The number of carbonyl (C=O) groups excluding carboxylic acids is 1. The molecular formula is C17H20F2N6O2. The molecule has 0 aliphatic carbocycles.